The number of phosphoric ester groups is 1. The average Bonchev–Trinajstić information content (AvgIpc) is 3.25. The van der Waals surface area contributed by atoms with Crippen molar-refractivity contribution in [3.8, 4) is 0 Å². The van der Waals surface area contributed by atoms with Crippen LogP contribution in [0.1, 0.15) is 258 Å². The quantitative estimate of drug-likeness (QED) is 0.0212. The van der Waals surface area contributed by atoms with Crippen LogP contribution < -0.4 is 10.2 Å². The van der Waals surface area contributed by atoms with Crippen LogP contribution in [0, 0.1) is 0 Å². The van der Waals surface area contributed by atoms with Gasteiger partial charge in [-0.15, -0.1) is 0 Å². The Labute approximate surface area is 396 Å². The molecule has 9 nitrogen and oxygen atoms in total. The van der Waals surface area contributed by atoms with Crippen molar-refractivity contribution in [3.05, 3.63) is 24.3 Å². The SMILES string of the molecule is CCCCCCCC/C=C\CCCCCC(=O)OC(/C=C/CCCCCCCCCCCC)C(COP(=O)([O-])OCC[N+](C)(C)C)NC(=O)CCCCCCCCCCCCCCC. The van der Waals surface area contributed by atoms with Crippen LogP contribution in [0.15, 0.2) is 24.3 Å². The molecule has 378 valence electrons. The van der Waals surface area contributed by atoms with Crippen LogP contribution in [0.2, 0.25) is 0 Å². The zero-order valence-corrected chi connectivity index (χ0v) is 43.9. The maximum Gasteiger partial charge on any atom is 0.306 e. The van der Waals surface area contributed by atoms with Gasteiger partial charge in [0.2, 0.25) is 5.91 Å². The van der Waals surface area contributed by atoms with Gasteiger partial charge in [0.15, 0.2) is 0 Å². The number of esters is 1. The first-order valence-corrected chi connectivity index (χ1v) is 28.6. The molecule has 0 radical (unpaired) electrons. The summed E-state index contributed by atoms with van der Waals surface area (Å²) in [5.41, 5.74) is 0. The highest BCUT2D eigenvalue weighted by atomic mass is 31.2. The number of ether oxygens (including phenoxy) is 1. The molecular weight excluding hydrogens is 820 g/mol. The second-order valence-corrected chi connectivity index (χ2v) is 21.1. The average molecular weight is 925 g/mol. The van der Waals surface area contributed by atoms with Crippen molar-refractivity contribution in [2.75, 3.05) is 40.9 Å². The van der Waals surface area contributed by atoms with Gasteiger partial charge in [0.25, 0.3) is 7.82 Å². The summed E-state index contributed by atoms with van der Waals surface area (Å²) in [6.07, 6.45) is 49.9. The number of amides is 1. The predicted molar refractivity (Wildman–Crippen MR) is 270 cm³/mol. The van der Waals surface area contributed by atoms with E-state index in [-0.39, 0.29) is 31.5 Å². The first-order chi connectivity index (χ1) is 30.9. The van der Waals surface area contributed by atoms with E-state index in [1.807, 2.05) is 33.3 Å². The molecule has 0 aromatic heterocycles. The maximum atomic E-state index is 13.4. The number of quaternary nitrogens is 1. The highest BCUT2D eigenvalue weighted by molar-refractivity contribution is 7.45. The molecule has 0 aliphatic carbocycles. The molecule has 0 spiro atoms. The van der Waals surface area contributed by atoms with Crippen molar-refractivity contribution in [2.24, 2.45) is 0 Å². The lowest BCUT2D eigenvalue weighted by Gasteiger charge is -2.30. The Hall–Kier alpha value is -1.51. The first-order valence-electron chi connectivity index (χ1n) is 27.1. The molecule has 3 unspecified atom stereocenters. The second kappa shape index (κ2) is 45.3. The molecule has 0 aliphatic heterocycles. The lowest BCUT2D eigenvalue weighted by Crippen LogP contribution is -2.47. The summed E-state index contributed by atoms with van der Waals surface area (Å²) in [5, 5.41) is 3.01. The summed E-state index contributed by atoms with van der Waals surface area (Å²) < 4.78 is 30.1. The number of unbranched alkanes of at least 4 members (excludes halogenated alkanes) is 31. The molecule has 0 aromatic carbocycles. The number of rotatable bonds is 49. The van der Waals surface area contributed by atoms with Crippen LogP contribution in [0.5, 0.6) is 0 Å². The Balaban J connectivity index is 5.42. The van der Waals surface area contributed by atoms with Crippen LogP contribution in [0.4, 0.5) is 0 Å². The third kappa shape index (κ3) is 45.6. The zero-order chi connectivity index (χ0) is 47.3. The van der Waals surface area contributed by atoms with Gasteiger partial charge in [-0.05, 0) is 57.4 Å². The third-order valence-electron chi connectivity index (χ3n) is 12.1. The minimum absolute atomic E-state index is 0.0214. The Morgan fingerprint density at radius 1 is 0.531 bits per heavy atom. The molecule has 0 heterocycles. The monoisotopic (exact) mass is 925 g/mol. The molecule has 64 heavy (non-hydrogen) atoms. The molecule has 1 N–H and O–H groups in total. The minimum Gasteiger partial charge on any atom is -0.756 e. The molecule has 10 heteroatoms. The molecule has 0 aromatic rings. The Morgan fingerprint density at radius 3 is 1.34 bits per heavy atom. The molecule has 0 saturated carbocycles. The van der Waals surface area contributed by atoms with Gasteiger partial charge in [-0.25, -0.2) is 0 Å². The number of nitrogens with zero attached hydrogens (tertiary/aromatic N) is 1. The molecule has 1 amide bonds. The van der Waals surface area contributed by atoms with Crippen molar-refractivity contribution < 1.29 is 37.3 Å². The van der Waals surface area contributed by atoms with E-state index < -0.39 is 20.0 Å². The molecule has 0 fully saturated rings. The van der Waals surface area contributed by atoms with Gasteiger partial charge in [-0.1, -0.05) is 212 Å². The number of nitrogens with one attached hydrogen (secondary N) is 1. The Bertz CT molecular complexity index is 1160. The number of carbonyl (C=O) groups is 2. The van der Waals surface area contributed by atoms with Gasteiger partial charge in [0.05, 0.1) is 33.8 Å². The number of allylic oxidation sites excluding steroid dienone is 3. The molecule has 0 aliphatic rings. The van der Waals surface area contributed by atoms with Crippen LogP contribution >= 0.6 is 7.82 Å². The largest absolute Gasteiger partial charge is 0.756 e. The van der Waals surface area contributed by atoms with E-state index in [9.17, 15) is 19.0 Å². The summed E-state index contributed by atoms with van der Waals surface area (Å²) in [6.45, 7) is 6.83. The van der Waals surface area contributed by atoms with Crippen molar-refractivity contribution in [1.29, 1.82) is 0 Å². The molecule has 0 rings (SSSR count). The fraction of sp³-hybridized carbons (Fsp3) is 0.889. The number of likely N-dealkylation sites (N-methyl/N-ethyl adjacent to an activating group) is 1. The van der Waals surface area contributed by atoms with E-state index >= 15 is 0 Å². The van der Waals surface area contributed by atoms with Gasteiger partial charge < -0.3 is 28.5 Å². The van der Waals surface area contributed by atoms with Gasteiger partial charge in [0.1, 0.15) is 19.3 Å². The van der Waals surface area contributed by atoms with Crippen LogP contribution in [-0.2, 0) is 27.9 Å². The van der Waals surface area contributed by atoms with Gasteiger partial charge in [-0.3, -0.25) is 14.2 Å². The van der Waals surface area contributed by atoms with E-state index in [2.05, 4.69) is 38.2 Å². The van der Waals surface area contributed by atoms with Crippen molar-refractivity contribution >= 4 is 19.7 Å². The molecular formula is C54H105N2O7P. The minimum atomic E-state index is -4.68. The first kappa shape index (κ1) is 62.5. The van der Waals surface area contributed by atoms with Crippen LogP contribution in [0.3, 0.4) is 0 Å². The standard InChI is InChI=1S/C54H105N2O7P/c1-7-10-13-16-19-22-25-28-31-34-37-40-43-46-53(57)55-51(50-62-64(59,60)61-49-48-56(4,5)6)52(45-42-39-36-33-30-27-24-21-18-15-12-9-3)63-54(58)47-44-41-38-35-32-29-26-23-20-17-14-11-8-2/h29,32,42,45,51-52H,7-28,30-31,33-41,43-44,46-50H2,1-6H3,(H-,55,57,59,60)/b32-29-,45-42+. The van der Waals surface area contributed by atoms with Crippen LogP contribution in [0.25, 0.3) is 0 Å². The lowest BCUT2D eigenvalue weighted by molar-refractivity contribution is -0.870. The normalized spacial score (nSPS) is 14.0. The van der Waals surface area contributed by atoms with E-state index in [0.717, 1.165) is 64.2 Å². The number of carbonyl (C=O) groups excluding carboxylic acids is 2. The van der Waals surface area contributed by atoms with Crippen LogP contribution in [-0.4, -0.2) is 69.4 Å². The fourth-order valence-corrected chi connectivity index (χ4v) is 8.59. The maximum absolute atomic E-state index is 13.4. The highest BCUT2D eigenvalue weighted by Crippen LogP contribution is 2.38. The van der Waals surface area contributed by atoms with Gasteiger partial charge >= 0.3 is 5.97 Å². The summed E-state index contributed by atoms with van der Waals surface area (Å²) in [5.74, 6) is -0.551. The van der Waals surface area contributed by atoms with E-state index in [0.29, 0.717) is 23.9 Å². The van der Waals surface area contributed by atoms with E-state index in [4.69, 9.17) is 13.8 Å². The predicted octanol–water partition coefficient (Wildman–Crippen LogP) is 15.2. The van der Waals surface area contributed by atoms with Crippen molar-refractivity contribution in [3.63, 3.8) is 0 Å². The van der Waals surface area contributed by atoms with Crippen molar-refractivity contribution in [1.82, 2.24) is 5.32 Å². The van der Waals surface area contributed by atoms with Gasteiger partial charge in [-0.2, -0.15) is 0 Å². The lowest BCUT2D eigenvalue weighted by atomic mass is 10.0. The van der Waals surface area contributed by atoms with Gasteiger partial charge in [0, 0.05) is 12.8 Å². The topological polar surface area (TPSA) is 114 Å². The van der Waals surface area contributed by atoms with E-state index in [1.54, 1.807) is 0 Å². The number of phosphoric acid groups is 1. The Morgan fingerprint density at radius 2 is 0.906 bits per heavy atom. The summed E-state index contributed by atoms with van der Waals surface area (Å²) in [4.78, 5) is 39.7. The molecule has 0 bridgehead atoms. The highest BCUT2D eigenvalue weighted by Gasteiger charge is 2.27. The second-order valence-electron chi connectivity index (χ2n) is 19.7. The number of hydrogen-bond acceptors (Lipinski definition) is 7. The smallest absolute Gasteiger partial charge is 0.306 e. The van der Waals surface area contributed by atoms with E-state index in [1.165, 1.54) is 154 Å². The fourth-order valence-electron chi connectivity index (χ4n) is 7.87. The summed E-state index contributed by atoms with van der Waals surface area (Å²) >= 11 is 0. The number of hydrogen-bond donors (Lipinski definition) is 1. The zero-order valence-electron chi connectivity index (χ0n) is 43.0. The molecule has 0 saturated heterocycles. The Kier molecular flexibility index (Phi) is 44.2. The summed E-state index contributed by atoms with van der Waals surface area (Å²) in [7, 11) is 1.19. The van der Waals surface area contributed by atoms with Crippen molar-refractivity contribution in [2.45, 2.75) is 270 Å². The summed E-state index contributed by atoms with van der Waals surface area (Å²) in [6, 6.07) is -0.886. The molecule has 3 atom stereocenters. The third-order valence-corrected chi connectivity index (χ3v) is 13.1.